The molecule has 0 spiro atoms. The van der Waals surface area contributed by atoms with Crippen LogP contribution in [0.4, 0.5) is 5.69 Å². The second kappa shape index (κ2) is 9.38. The van der Waals surface area contributed by atoms with Crippen molar-refractivity contribution in [2.24, 2.45) is 0 Å². The summed E-state index contributed by atoms with van der Waals surface area (Å²) >= 11 is 6.98. The van der Waals surface area contributed by atoms with E-state index in [-0.39, 0.29) is 17.2 Å². The number of methoxy groups -OCH3 is 1. The number of hydrogen-bond acceptors (Lipinski definition) is 7. The van der Waals surface area contributed by atoms with E-state index in [9.17, 15) is 9.59 Å². The van der Waals surface area contributed by atoms with Crippen LogP contribution in [0.2, 0.25) is 5.02 Å². The molecule has 0 bridgehead atoms. The van der Waals surface area contributed by atoms with Crippen LogP contribution in [0.1, 0.15) is 21.8 Å². The van der Waals surface area contributed by atoms with Crippen LogP contribution >= 0.6 is 23.4 Å². The van der Waals surface area contributed by atoms with Gasteiger partial charge in [-0.1, -0.05) is 47.6 Å². The predicted octanol–water partition coefficient (Wildman–Crippen LogP) is 3.83. The summed E-state index contributed by atoms with van der Waals surface area (Å²) in [4.78, 5) is 23.9. The Labute approximate surface area is 170 Å². The predicted molar refractivity (Wildman–Crippen MR) is 106 cm³/mol. The first kappa shape index (κ1) is 19.9. The SMILES string of the molecule is COC(=O)c1ccccc1NC(=O)CSc1nnc(Cc2ccc(Cl)cc2)o1. The largest absolute Gasteiger partial charge is 0.465 e. The molecule has 144 valence electrons. The van der Waals surface area contributed by atoms with E-state index in [0.29, 0.717) is 28.2 Å². The number of anilines is 1. The molecule has 0 saturated carbocycles. The summed E-state index contributed by atoms with van der Waals surface area (Å²) in [5.41, 5.74) is 1.65. The van der Waals surface area contributed by atoms with Crippen LogP contribution < -0.4 is 5.32 Å². The number of aromatic nitrogens is 2. The Morgan fingerprint density at radius 1 is 1.14 bits per heavy atom. The fourth-order valence-corrected chi connectivity index (χ4v) is 3.04. The number of rotatable bonds is 7. The van der Waals surface area contributed by atoms with Crippen molar-refractivity contribution < 1.29 is 18.7 Å². The number of benzene rings is 2. The van der Waals surface area contributed by atoms with E-state index in [4.69, 9.17) is 20.8 Å². The Kier molecular flexibility index (Phi) is 6.67. The molecule has 7 nitrogen and oxygen atoms in total. The molecule has 2 aromatic carbocycles. The number of nitrogens with zero attached hydrogens (tertiary/aromatic N) is 2. The highest BCUT2D eigenvalue weighted by Crippen LogP contribution is 2.20. The van der Waals surface area contributed by atoms with Crippen molar-refractivity contribution in [3.8, 4) is 0 Å². The molecule has 3 aromatic rings. The Morgan fingerprint density at radius 3 is 2.64 bits per heavy atom. The summed E-state index contributed by atoms with van der Waals surface area (Å²) in [6.45, 7) is 0. The average Bonchev–Trinajstić information content (AvgIpc) is 3.15. The number of hydrogen-bond donors (Lipinski definition) is 1. The minimum atomic E-state index is -0.521. The van der Waals surface area contributed by atoms with Crippen LogP contribution in [-0.4, -0.2) is 34.9 Å². The minimum Gasteiger partial charge on any atom is -0.465 e. The first-order valence-corrected chi connectivity index (χ1v) is 9.58. The van der Waals surface area contributed by atoms with Crippen molar-refractivity contribution in [1.29, 1.82) is 0 Å². The second-order valence-electron chi connectivity index (χ2n) is 5.64. The summed E-state index contributed by atoms with van der Waals surface area (Å²) in [7, 11) is 1.29. The maximum Gasteiger partial charge on any atom is 0.339 e. The number of esters is 1. The Balaban J connectivity index is 1.55. The third kappa shape index (κ3) is 5.34. The van der Waals surface area contributed by atoms with E-state index in [1.54, 1.807) is 36.4 Å². The van der Waals surface area contributed by atoms with Gasteiger partial charge in [-0.15, -0.1) is 10.2 Å². The number of ether oxygens (including phenoxy) is 1. The molecule has 1 heterocycles. The molecule has 0 aliphatic carbocycles. The molecule has 0 aliphatic rings. The van der Waals surface area contributed by atoms with Crippen LogP contribution in [0.3, 0.4) is 0 Å². The lowest BCUT2D eigenvalue weighted by Gasteiger charge is -2.08. The van der Waals surface area contributed by atoms with Gasteiger partial charge in [0, 0.05) is 5.02 Å². The molecular formula is C19H16ClN3O4S. The Hall–Kier alpha value is -2.84. The Bertz CT molecular complexity index is 975. The number of halogens is 1. The number of carbonyl (C=O) groups is 2. The third-order valence-electron chi connectivity index (χ3n) is 3.65. The smallest absolute Gasteiger partial charge is 0.339 e. The summed E-state index contributed by atoms with van der Waals surface area (Å²) < 4.78 is 10.3. The quantitative estimate of drug-likeness (QED) is 0.461. The fourth-order valence-electron chi connectivity index (χ4n) is 2.34. The summed E-state index contributed by atoms with van der Waals surface area (Å²) in [5, 5.41) is 11.5. The molecular weight excluding hydrogens is 402 g/mol. The summed E-state index contributed by atoms with van der Waals surface area (Å²) in [6, 6.07) is 14.0. The van der Waals surface area contributed by atoms with Gasteiger partial charge < -0.3 is 14.5 Å². The maximum atomic E-state index is 12.2. The monoisotopic (exact) mass is 417 g/mol. The van der Waals surface area contributed by atoms with E-state index in [0.717, 1.165) is 17.3 Å². The molecule has 0 aliphatic heterocycles. The summed E-state index contributed by atoms with van der Waals surface area (Å²) in [6.07, 6.45) is 0.476. The van der Waals surface area contributed by atoms with Gasteiger partial charge in [-0.3, -0.25) is 4.79 Å². The second-order valence-corrected chi connectivity index (χ2v) is 7.00. The average molecular weight is 418 g/mol. The molecule has 9 heteroatoms. The van der Waals surface area contributed by atoms with Gasteiger partial charge in [0.2, 0.25) is 11.8 Å². The number of amides is 1. The molecule has 0 unspecified atom stereocenters. The van der Waals surface area contributed by atoms with Crippen molar-refractivity contribution in [3.05, 3.63) is 70.6 Å². The highest BCUT2D eigenvalue weighted by atomic mass is 35.5. The van der Waals surface area contributed by atoms with Gasteiger partial charge >= 0.3 is 5.97 Å². The number of nitrogens with one attached hydrogen (secondary N) is 1. The van der Waals surface area contributed by atoms with Gasteiger partial charge in [0.15, 0.2) is 0 Å². The number of thioether (sulfide) groups is 1. The van der Waals surface area contributed by atoms with Crippen LogP contribution in [0.5, 0.6) is 0 Å². The normalized spacial score (nSPS) is 10.5. The zero-order valence-electron chi connectivity index (χ0n) is 14.8. The minimum absolute atomic E-state index is 0.0537. The van der Waals surface area contributed by atoms with Gasteiger partial charge in [0.1, 0.15) is 0 Å². The first-order chi connectivity index (χ1) is 13.5. The number of carbonyl (C=O) groups excluding carboxylic acids is 2. The molecule has 0 atom stereocenters. The number of para-hydroxylation sites is 1. The van der Waals surface area contributed by atoms with E-state index >= 15 is 0 Å². The fraction of sp³-hybridized carbons (Fsp3) is 0.158. The van der Waals surface area contributed by atoms with Gasteiger partial charge in [0.05, 0.1) is 30.5 Å². The molecule has 1 N–H and O–H groups in total. The van der Waals surface area contributed by atoms with E-state index in [1.165, 1.54) is 7.11 Å². The standard InChI is InChI=1S/C19H16ClN3O4S/c1-26-18(25)14-4-2-3-5-15(14)21-16(24)11-28-19-23-22-17(27-19)10-12-6-8-13(20)9-7-12/h2-9H,10-11H2,1H3,(H,21,24). The van der Waals surface area contributed by atoms with E-state index in [2.05, 4.69) is 15.5 Å². The van der Waals surface area contributed by atoms with Crippen molar-refractivity contribution in [1.82, 2.24) is 10.2 Å². The molecule has 28 heavy (non-hydrogen) atoms. The Morgan fingerprint density at radius 2 is 1.89 bits per heavy atom. The lowest BCUT2D eigenvalue weighted by Crippen LogP contribution is -2.17. The van der Waals surface area contributed by atoms with Crippen LogP contribution in [0.15, 0.2) is 58.2 Å². The summed E-state index contributed by atoms with van der Waals surface area (Å²) in [5.74, 6) is -0.328. The molecule has 1 aromatic heterocycles. The van der Waals surface area contributed by atoms with Gasteiger partial charge in [-0.05, 0) is 29.8 Å². The van der Waals surface area contributed by atoms with E-state index in [1.807, 2.05) is 12.1 Å². The lowest BCUT2D eigenvalue weighted by molar-refractivity contribution is -0.113. The highest BCUT2D eigenvalue weighted by Gasteiger charge is 2.15. The molecule has 0 radical (unpaired) electrons. The molecule has 3 rings (SSSR count). The molecule has 1 amide bonds. The zero-order valence-corrected chi connectivity index (χ0v) is 16.4. The van der Waals surface area contributed by atoms with Gasteiger partial charge in [-0.25, -0.2) is 4.79 Å². The van der Waals surface area contributed by atoms with Crippen molar-refractivity contribution in [3.63, 3.8) is 0 Å². The maximum absolute atomic E-state index is 12.2. The van der Waals surface area contributed by atoms with Crippen molar-refractivity contribution in [2.75, 3.05) is 18.2 Å². The van der Waals surface area contributed by atoms with E-state index < -0.39 is 5.97 Å². The zero-order chi connectivity index (χ0) is 19.9. The molecule has 0 fully saturated rings. The lowest BCUT2D eigenvalue weighted by atomic mass is 10.1. The van der Waals surface area contributed by atoms with Gasteiger partial charge in [0.25, 0.3) is 5.22 Å². The van der Waals surface area contributed by atoms with Crippen LogP contribution in [0, 0.1) is 0 Å². The topological polar surface area (TPSA) is 94.3 Å². The molecule has 0 saturated heterocycles. The van der Waals surface area contributed by atoms with Crippen molar-refractivity contribution >= 4 is 40.9 Å². The van der Waals surface area contributed by atoms with Crippen molar-refractivity contribution in [2.45, 2.75) is 11.6 Å². The highest BCUT2D eigenvalue weighted by molar-refractivity contribution is 7.99. The first-order valence-electron chi connectivity index (χ1n) is 8.22. The van der Waals surface area contributed by atoms with Crippen LogP contribution in [-0.2, 0) is 16.0 Å². The third-order valence-corrected chi connectivity index (χ3v) is 4.72. The van der Waals surface area contributed by atoms with Gasteiger partial charge in [-0.2, -0.15) is 0 Å². The van der Waals surface area contributed by atoms with Crippen LogP contribution in [0.25, 0.3) is 0 Å².